The van der Waals surface area contributed by atoms with Crippen LogP contribution in [0.5, 0.6) is 0 Å². The number of hydrogen-bond donors (Lipinski definition) is 2. The summed E-state index contributed by atoms with van der Waals surface area (Å²) in [6.45, 7) is 1.80. The monoisotopic (exact) mass is 460 g/mol. The maximum Gasteiger partial charge on any atom is 0.241 e. The van der Waals surface area contributed by atoms with Crippen molar-refractivity contribution >= 4 is 27.5 Å². The Balaban J connectivity index is 1.82. The van der Waals surface area contributed by atoms with Gasteiger partial charge < -0.3 is 5.32 Å². The molecule has 0 fully saturated rings. The van der Waals surface area contributed by atoms with E-state index in [9.17, 15) is 17.6 Å². The number of benzene rings is 3. The third-order valence-corrected chi connectivity index (χ3v) is 6.49. The Bertz CT molecular complexity index is 1120. The Morgan fingerprint density at radius 1 is 0.968 bits per heavy atom. The lowest BCUT2D eigenvalue weighted by atomic mass is 10.0. The number of amides is 1. The molecule has 31 heavy (non-hydrogen) atoms. The van der Waals surface area contributed by atoms with Gasteiger partial charge in [-0.15, -0.1) is 0 Å². The van der Waals surface area contributed by atoms with Crippen molar-refractivity contribution in [2.24, 2.45) is 0 Å². The minimum absolute atomic E-state index is 0.120. The Labute approximate surface area is 186 Å². The Hall–Kier alpha value is -2.74. The summed E-state index contributed by atoms with van der Waals surface area (Å²) < 4.78 is 41.3. The summed E-state index contributed by atoms with van der Waals surface area (Å²) in [6, 6.07) is 19.1. The molecular formula is C23H22ClFN2O3S. The molecule has 0 saturated heterocycles. The minimum Gasteiger partial charge on any atom is -0.348 e. The van der Waals surface area contributed by atoms with Crippen LogP contribution >= 0.6 is 11.6 Å². The Morgan fingerprint density at radius 2 is 1.58 bits per heavy atom. The van der Waals surface area contributed by atoms with Gasteiger partial charge in [0.2, 0.25) is 15.9 Å². The fraction of sp³-hybridized carbons (Fsp3) is 0.174. The van der Waals surface area contributed by atoms with E-state index in [-0.39, 0.29) is 17.4 Å². The van der Waals surface area contributed by atoms with E-state index in [0.29, 0.717) is 5.02 Å². The van der Waals surface area contributed by atoms with Crippen LogP contribution in [0.4, 0.5) is 4.39 Å². The maximum atomic E-state index is 13.2. The van der Waals surface area contributed by atoms with Crippen LogP contribution < -0.4 is 10.0 Å². The summed E-state index contributed by atoms with van der Waals surface area (Å²) in [5.74, 6) is -1.02. The average molecular weight is 461 g/mol. The molecule has 0 aromatic heterocycles. The molecular weight excluding hydrogens is 439 g/mol. The van der Waals surface area contributed by atoms with E-state index < -0.39 is 27.8 Å². The van der Waals surface area contributed by atoms with E-state index in [4.69, 9.17) is 11.6 Å². The SMILES string of the molecule is C[C@H](NC(=O)[C@H](Cc1ccccc1)NS(=O)(=O)c1ccc(F)cc1)c1ccc(Cl)cc1. The van der Waals surface area contributed by atoms with Crippen LogP contribution in [0.15, 0.2) is 83.8 Å². The largest absolute Gasteiger partial charge is 0.348 e. The van der Waals surface area contributed by atoms with Crippen LogP contribution in [0.1, 0.15) is 24.1 Å². The highest BCUT2D eigenvalue weighted by Crippen LogP contribution is 2.17. The van der Waals surface area contributed by atoms with Crippen molar-refractivity contribution in [3.8, 4) is 0 Å². The summed E-state index contributed by atoms with van der Waals surface area (Å²) in [5, 5.41) is 3.43. The van der Waals surface area contributed by atoms with E-state index in [1.54, 1.807) is 31.2 Å². The van der Waals surface area contributed by atoms with Gasteiger partial charge in [-0.3, -0.25) is 4.79 Å². The molecule has 2 atom stereocenters. The van der Waals surface area contributed by atoms with Crippen LogP contribution in [0.25, 0.3) is 0 Å². The Morgan fingerprint density at radius 3 is 2.19 bits per heavy atom. The van der Waals surface area contributed by atoms with Gasteiger partial charge in [0, 0.05) is 5.02 Å². The van der Waals surface area contributed by atoms with Gasteiger partial charge in [-0.2, -0.15) is 4.72 Å². The van der Waals surface area contributed by atoms with E-state index in [0.717, 1.165) is 35.4 Å². The molecule has 0 aliphatic heterocycles. The van der Waals surface area contributed by atoms with Gasteiger partial charge in [0.1, 0.15) is 11.9 Å². The molecule has 2 N–H and O–H groups in total. The predicted molar refractivity (Wildman–Crippen MR) is 119 cm³/mol. The highest BCUT2D eigenvalue weighted by Gasteiger charge is 2.27. The van der Waals surface area contributed by atoms with Crippen molar-refractivity contribution in [1.29, 1.82) is 0 Å². The second-order valence-corrected chi connectivity index (χ2v) is 9.25. The van der Waals surface area contributed by atoms with Gasteiger partial charge in [0.25, 0.3) is 0 Å². The first-order chi connectivity index (χ1) is 14.7. The lowest BCUT2D eigenvalue weighted by Crippen LogP contribution is -2.48. The zero-order valence-corrected chi connectivity index (χ0v) is 18.3. The van der Waals surface area contributed by atoms with Crippen LogP contribution in [-0.4, -0.2) is 20.4 Å². The molecule has 8 heteroatoms. The van der Waals surface area contributed by atoms with Crippen molar-refractivity contribution in [2.75, 3.05) is 0 Å². The minimum atomic E-state index is -4.04. The zero-order chi connectivity index (χ0) is 22.4. The van der Waals surface area contributed by atoms with E-state index in [2.05, 4.69) is 10.0 Å². The van der Waals surface area contributed by atoms with Gasteiger partial charge >= 0.3 is 0 Å². The van der Waals surface area contributed by atoms with Crippen LogP contribution in [0.2, 0.25) is 5.02 Å². The third kappa shape index (κ3) is 6.37. The van der Waals surface area contributed by atoms with Crippen LogP contribution in [0.3, 0.4) is 0 Å². The molecule has 3 aromatic rings. The molecule has 162 valence electrons. The van der Waals surface area contributed by atoms with E-state index in [1.807, 2.05) is 30.3 Å². The number of sulfonamides is 1. The first-order valence-corrected chi connectivity index (χ1v) is 11.5. The molecule has 5 nitrogen and oxygen atoms in total. The predicted octanol–water partition coefficient (Wildman–Crippen LogP) is 4.25. The van der Waals surface area contributed by atoms with E-state index >= 15 is 0 Å². The molecule has 0 aliphatic rings. The Kier molecular flexibility index (Phi) is 7.43. The first-order valence-electron chi connectivity index (χ1n) is 9.62. The molecule has 3 rings (SSSR count). The quantitative estimate of drug-likeness (QED) is 0.527. The summed E-state index contributed by atoms with van der Waals surface area (Å²) in [4.78, 5) is 12.9. The summed E-state index contributed by atoms with van der Waals surface area (Å²) in [6.07, 6.45) is 0.153. The summed E-state index contributed by atoms with van der Waals surface area (Å²) in [5.41, 5.74) is 1.63. The second-order valence-electron chi connectivity index (χ2n) is 7.10. The van der Waals surface area contributed by atoms with Crippen LogP contribution in [-0.2, 0) is 21.2 Å². The van der Waals surface area contributed by atoms with Gasteiger partial charge in [-0.1, -0.05) is 54.1 Å². The molecule has 0 unspecified atom stereocenters. The molecule has 0 aliphatic carbocycles. The lowest BCUT2D eigenvalue weighted by molar-refractivity contribution is -0.123. The molecule has 0 radical (unpaired) electrons. The molecule has 1 amide bonds. The highest BCUT2D eigenvalue weighted by atomic mass is 35.5. The molecule has 0 heterocycles. The second kappa shape index (κ2) is 10.0. The number of carbonyl (C=O) groups excluding carboxylic acids is 1. The zero-order valence-electron chi connectivity index (χ0n) is 16.8. The average Bonchev–Trinajstić information content (AvgIpc) is 2.74. The van der Waals surface area contributed by atoms with Crippen molar-refractivity contribution < 1.29 is 17.6 Å². The number of carbonyl (C=O) groups is 1. The lowest BCUT2D eigenvalue weighted by Gasteiger charge is -2.22. The summed E-state index contributed by atoms with van der Waals surface area (Å²) in [7, 11) is -4.04. The molecule has 3 aromatic carbocycles. The molecule has 0 saturated carbocycles. The van der Waals surface area contributed by atoms with Crippen molar-refractivity contribution in [1.82, 2.24) is 10.0 Å². The van der Waals surface area contributed by atoms with Crippen molar-refractivity contribution in [3.63, 3.8) is 0 Å². The third-order valence-electron chi connectivity index (χ3n) is 4.75. The fourth-order valence-corrected chi connectivity index (χ4v) is 4.38. The maximum absolute atomic E-state index is 13.2. The number of nitrogens with one attached hydrogen (secondary N) is 2. The number of hydrogen-bond acceptors (Lipinski definition) is 3. The normalized spacial score (nSPS) is 13.4. The fourth-order valence-electron chi connectivity index (χ4n) is 3.06. The molecule has 0 spiro atoms. The molecule has 0 bridgehead atoms. The number of halogens is 2. The van der Waals surface area contributed by atoms with Crippen LogP contribution in [0, 0.1) is 5.82 Å². The smallest absolute Gasteiger partial charge is 0.241 e. The standard InChI is InChI=1S/C23H22ClFN2O3S/c1-16(18-7-9-19(24)10-8-18)26-23(28)22(15-17-5-3-2-4-6-17)27-31(29,30)21-13-11-20(25)12-14-21/h2-14,16,22,27H,15H2,1H3,(H,26,28)/t16-,22-/m0/s1. The topological polar surface area (TPSA) is 75.3 Å². The van der Waals surface area contributed by atoms with Crippen molar-refractivity contribution in [2.45, 2.75) is 30.3 Å². The van der Waals surface area contributed by atoms with E-state index in [1.165, 1.54) is 0 Å². The number of rotatable bonds is 8. The van der Waals surface area contributed by atoms with Gasteiger partial charge in [0.05, 0.1) is 10.9 Å². The first kappa shape index (κ1) is 22.9. The highest BCUT2D eigenvalue weighted by molar-refractivity contribution is 7.89. The van der Waals surface area contributed by atoms with Gasteiger partial charge in [-0.25, -0.2) is 12.8 Å². The van der Waals surface area contributed by atoms with Gasteiger partial charge in [0.15, 0.2) is 0 Å². The van der Waals surface area contributed by atoms with Gasteiger partial charge in [-0.05, 0) is 60.9 Å². The summed E-state index contributed by atoms with van der Waals surface area (Å²) >= 11 is 5.92. The van der Waals surface area contributed by atoms with Crippen molar-refractivity contribution in [3.05, 3.63) is 101 Å².